The number of hydrogen-bond donors (Lipinski definition) is 1. The average Bonchev–Trinajstić information content (AvgIpc) is 2.83. The molecular weight excluding hydrogens is 252 g/mol. The molecule has 0 aliphatic carbocycles. The molecule has 0 amide bonds. The highest BCUT2D eigenvalue weighted by Crippen LogP contribution is 2.42. The van der Waals surface area contributed by atoms with E-state index < -0.39 is 0 Å². The van der Waals surface area contributed by atoms with E-state index >= 15 is 0 Å². The number of aromatic nitrogens is 1. The summed E-state index contributed by atoms with van der Waals surface area (Å²) in [5.74, 6) is 2.55. The van der Waals surface area contributed by atoms with Crippen LogP contribution in [0.2, 0.25) is 0 Å². The lowest BCUT2D eigenvalue weighted by molar-refractivity contribution is 0.0947. The number of ether oxygens (including phenoxy) is 1. The second kappa shape index (κ2) is 4.63. The Labute approximate surface area is 119 Å². The van der Waals surface area contributed by atoms with Crippen molar-refractivity contribution in [3.63, 3.8) is 0 Å². The maximum atomic E-state index is 6.01. The fourth-order valence-electron chi connectivity index (χ4n) is 2.69. The van der Waals surface area contributed by atoms with Crippen molar-refractivity contribution >= 4 is 0 Å². The molecule has 106 valence electrons. The number of para-hydroxylation sites is 1. The first kappa shape index (κ1) is 13.2. The zero-order valence-electron chi connectivity index (χ0n) is 12.4. The second-order valence-corrected chi connectivity index (χ2v) is 5.81. The highest BCUT2D eigenvalue weighted by Gasteiger charge is 2.40. The Hall–Kier alpha value is -1.81. The standard InChI is InChI=1S/C16H20N2O2/c1-10-11(2)19-14(18-10)9-17-15-12-7-5-6-8-13(12)20-16(15,3)4/h5-8,15,17H,9H2,1-4H3. The zero-order chi connectivity index (χ0) is 14.3. The summed E-state index contributed by atoms with van der Waals surface area (Å²) >= 11 is 0. The molecule has 20 heavy (non-hydrogen) atoms. The molecule has 0 radical (unpaired) electrons. The molecule has 1 aromatic heterocycles. The van der Waals surface area contributed by atoms with Gasteiger partial charge in [-0.3, -0.25) is 5.32 Å². The highest BCUT2D eigenvalue weighted by atomic mass is 16.5. The molecule has 2 heterocycles. The third-order valence-electron chi connectivity index (χ3n) is 3.83. The van der Waals surface area contributed by atoms with Gasteiger partial charge >= 0.3 is 0 Å². The first-order chi connectivity index (χ1) is 9.47. The molecule has 1 aliphatic heterocycles. The summed E-state index contributed by atoms with van der Waals surface area (Å²) < 4.78 is 11.6. The van der Waals surface area contributed by atoms with Crippen molar-refractivity contribution in [3.8, 4) is 5.75 Å². The molecule has 2 aromatic rings. The molecule has 0 spiro atoms. The van der Waals surface area contributed by atoms with Crippen LogP contribution in [0.5, 0.6) is 5.75 Å². The van der Waals surface area contributed by atoms with Crippen LogP contribution < -0.4 is 10.1 Å². The maximum Gasteiger partial charge on any atom is 0.208 e. The number of oxazole rings is 1. The number of benzene rings is 1. The lowest BCUT2D eigenvalue weighted by atomic mass is 9.94. The Kier molecular flexibility index (Phi) is 3.05. The van der Waals surface area contributed by atoms with E-state index in [2.05, 4.69) is 30.2 Å². The Morgan fingerprint density at radius 1 is 1.25 bits per heavy atom. The van der Waals surface area contributed by atoms with Gasteiger partial charge in [0.15, 0.2) is 0 Å². The highest BCUT2D eigenvalue weighted by molar-refractivity contribution is 5.42. The van der Waals surface area contributed by atoms with Crippen molar-refractivity contribution in [1.29, 1.82) is 0 Å². The monoisotopic (exact) mass is 272 g/mol. The predicted molar refractivity (Wildman–Crippen MR) is 76.7 cm³/mol. The predicted octanol–water partition coefficient (Wildman–Crippen LogP) is 3.29. The summed E-state index contributed by atoms with van der Waals surface area (Å²) in [6.07, 6.45) is 0. The number of hydrogen-bond acceptors (Lipinski definition) is 4. The molecule has 1 aliphatic rings. The molecule has 3 rings (SSSR count). The van der Waals surface area contributed by atoms with Crippen molar-refractivity contribution in [2.24, 2.45) is 0 Å². The maximum absolute atomic E-state index is 6.01. The molecule has 4 nitrogen and oxygen atoms in total. The Morgan fingerprint density at radius 3 is 2.70 bits per heavy atom. The van der Waals surface area contributed by atoms with E-state index in [0.717, 1.165) is 23.1 Å². The first-order valence-corrected chi connectivity index (χ1v) is 6.91. The molecule has 0 fully saturated rings. The third-order valence-corrected chi connectivity index (χ3v) is 3.83. The second-order valence-electron chi connectivity index (χ2n) is 5.81. The summed E-state index contributed by atoms with van der Waals surface area (Å²) in [6.45, 7) is 8.68. The number of nitrogens with one attached hydrogen (secondary N) is 1. The summed E-state index contributed by atoms with van der Waals surface area (Å²) in [5.41, 5.74) is 1.86. The number of rotatable bonds is 3. The van der Waals surface area contributed by atoms with E-state index in [1.807, 2.05) is 32.0 Å². The van der Waals surface area contributed by atoms with Crippen molar-refractivity contribution in [3.05, 3.63) is 47.2 Å². The normalized spacial score (nSPS) is 19.7. The average molecular weight is 272 g/mol. The lowest BCUT2D eigenvalue weighted by Crippen LogP contribution is -2.38. The minimum Gasteiger partial charge on any atom is -0.486 e. The van der Waals surface area contributed by atoms with Crippen LogP contribution in [0.15, 0.2) is 28.7 Å². The summed E-state index contributed by atoms with van der Waals surface area (Å²) in [5, 5.41) is 3.50. The third kappa shape index (κ3) is 2.20. The van der Waals surface area contributed by atoms with Gasteiger partial charge in [-0.1, -0.05) is 18.2 Å². The Bertz CT molecular complexity index is 612. The van der Waals surface area contributed by atoms with E-state index in [-0.39, 0.29) is 11.6 Å². The summed E-state index contributed by atoms with van der Waals surface area (Å²) in [4.78, 5) is 4.40. The van der Waals surface area contributed by atoms with Gasteiger partial charge in [-0.05, 0) is 33.8 Å². The van der Waals surface area contributed by atoms with Gasteiger partial charge < -0.3 is 9.15 Å². The van der Waals surface area contributed by atoms with Gasteiger partial charge in [-0.15, -0.1) is 0 Å². The molecule has 4 heteroatoms. The van der Waals surface area contributed by atoms with Crippen LogP contribution in [0.25, 0.3) is 0 Å². The quantitative estimate of drug-likeness (QED) is 0.931. The molecule has 0 saturated carbocycles. The van der Waals surface area contributed by atoms with Gasteiger partial charge in [-0.25, -0.2) is 4.98 Å². The van der Waals surface area contributed by atoms with Crippen molar-refractivity contribution < 1.29 is 9.15 Å². The fraction of sp³-hybridized carbons (Fsp3) is 0.438. The van der Waals surface area contributed by atoms with Crippen LogP contribution in [-0.4, -0.2) is 10.6 Å². The van der Waals surface area contributed by atoms with Gasteiger partial charge in [0.25, 0.3) is 0 Å². The largest absolute Gasteiger partial charge is 0.486 e. The minimum absolute atomic E-state index is 0.131. The smallest absolute Gasteiger partial charge is 0.208 e. The summed E-state index contributed by atoms with van der Waals surface area (Å²) in [6, 6.07) is 8.29. The van der Waals surface area contributed by atoms with E-state index in [1.54, 1.807) is 0 Å². The molecule has 1 aromatic carbocycles. The fourth-order valence-corrected chi connectivity index (χ4v) is 2.69. The summed E-state index contributed by atoms with van der Waals surface area (Å²) in [7, 11) is 0. The number of nitrogens with zero attached hydrogens (tertiary/aromatic N) is 1. The van der Waals surface area contributed by atoms with Crippen molar-refractivity contribution in [2.45, 2.75) is 45.9 Å². The van der Waals surface area contributed by atoms with Gasteiger partial charge in [-0.2, -0.15) is 0 Å². The minimum atomic E-state index is -0.277. The molecule has 1 unspecified atom stereocenters. The van der Waals surface area contributed by atoms with E-state index in [9.17, 15) is 0 Å². The van der Waals surface area contributed by atoms with Crippen molar-refractivity contribution in [2.75, 3.05) is 0 Å². The van der Waals surface area contributed by atoms with E-state index in [1.165, 1.54) is 5.56 Å². The number of aryl methyl sites for hydroxylation is 2. The molecule has 1 atom stereocenters. The van der Waals surface area contributed by atoms with Gasteiger partial charge in [0.1, 0.15) is 17.1 Å². The van der Waals surface area contributed by atoms with E-state index in [4.69, 9.17) is 9.15 Å². The Balaban J connectivity index is 1.79. The van der Waals surface area contributed by atoms with Crippen LogP contribution in [0, 0.1) is 13.8 Å². The van der Waals surface area contributed by atoms with Crippen LogP contribution >= 0.6 is 0 Å². The van der Waals surface area contributed by atoms with Gasteiger partial charge in [0, 0.05) is 5.56 Å². The van der Waals surface area contributed by atoms with Crippen LogP contribution in [0.3, 0.4) is 0 Å². The van der Waals surface area contributed by atoms with Crippen molar-refractivity contribution in [1.82, 2.24) is 10.3 Å². The molecular formula is C16H20N2O2. The van der Waals surface area contributed by atoms with Crippen LogP contribution in [0.4, 0.5) is 0 Å². The molecule has 1 N–H and O–H groups in total. The molecule has 0 saturated heterocycles. The van der Waals surface area contributed by atoms with Crippen LogP contribution in [-0.2, 0) is 6.54 Å². The van der Waals surface area contributed by atoms with E-state index in [0.29, 0.717) is 6.54 Å². The first-order valence-electron chi connectivity index (χ1n) is 6.91. The zero-order valence-corrected chi connectivity index (χ0v) is 12.4. The van der Waals surface area contributed by atoms with Crippen LogP contribution in [0.1, 0.15) is 42.8 Å². The Morgan fingerprint density at radius 2 is 2.00 bits per heavy atom. The van der Waals surface area contributed by atoms with Gasteiger partial charge in [0.2, 0.25) is 5.89 Å². The lowest BCUT2D eigenvalue weighted by Gasteiger charge is -2.26. The molecule has 0 bridgehead atoms. The SMILES string of the molecule is Cc1nc(CNC2c3ccccc3OC2(C)C)oc1C. The van der Waals surface area contributed by atoms with Gasteiger partial charge in [0.05, 0.1) is 18.3 Å². The topological polar surface area (TPSA) is 47.3 Å². The number of fused-ring (bicyclic) bond motifs is 1.